The third-order valence-electron chi connectivity index (χ3n) is 2.14. The minimum absolute atomic E-state index is 0.731. The number of aromatic nitrogens is 1. The summed E-state index contributed by atoms with van der Waals surface area (Å²) in [6.07, 6.45) is 9.58. The van der Waals surface area contributed by atoms with Crippen molar-refractivity contribution in [2.45, 2.75) is 25.4 Å². The summed E-state index contributed by atoms with van der Waals surface area (Å²) < 4.78 is 0. The molecule has 0 bridgehead atoms. The quantitative estimate of drug-likeness (QED) is 0.695. The smallest absolute Gasteiger partial charge is 0.0542 e. The Kier molecular flexibility index (Phi) is 2.29. The fourth-order valence-electron chi connectivity index (χ4n) is 1.15. The zero-order valence-corrected chi connectivity index (χ0v) is 7.46. The Hall–Kier alpha value is -1.33. The van der Waals surface area contributed by atoms with Crippen molar-refractivity contribution >= 4 is 0 Å². The van der Waals surface area contributed by atoms with E-state index >= 15 is 0 Å². The maximum Gasteiger partial charge on any atom is 0.0542 e. The molecule has 13 heavy (non-hydrogen) atoms. The van der Waals surface area contributed by atoms with Crippen molar-refractivity contribution in [3.05, 3.63) is 29.6 Å². The van der Waals surface area contributed by atoms with Gasteiger partial charge in [0.25, 0.3) is 0 Å². The molecule has 0 aromatic carbocycles. The number of pyridine rings is 1. The molecule has 1 aliphatic rings. The SMILES string of the molecule is C#Cc1ccc(CNC2CC2)nc1. The molecule has 0 radical (unpaired) electrons. The molecule has 1 aromatic rings. The lowest BCUT2D eigenvalue weighted by Crippen LogP contribution is -2.16. The van der Waals surface area contributed by atoms with E-state index in [1.165, 1.54) is 12.8 Å². The van der Waals surface area contributed by atoms with E-state index in [1.54, 1.807) is 6.20 Å². The van der Waals surface area contributed by atoms with E-state index in [0.717, 1.165) is 23.8 Å². The Morgan fingerprint density at radius 1 is 1.54 bits per heavy atom. The Bertz CT molecular complexity index is 317. The zero-order chi connectivity index (χ0) is 9.10. The fourth-order valence-corrected chi connectivity index (χ4v) is 1.15. The highest BCUT2D eigenvalue weighted by atomic mass is 15.0. The molecule has 2 heteroatoms. The minimum atomic E-state index is 0.731. The van der Waals surface area contributed by atoms with Crippen LogP contribution in [0.3, 0.4) is 0 Å². The summed E-state index contributed by atoms with van der Waals surface area (Å²) in [7, 11) is 0. The molecular formula is C11H12N2. The lowest BCUT2D eigenvalue weighted by Gasteiger charge is -2.01. The largest absolute Gasteiger partial charge is 0.308 e. The maximum atomic E-state index is 5.23. The highest BCUT2D eigenvalue weighted by molar-refractivity contribution is 5.29. The van der Waals surface area contributed by atoms with Gasteiger partial charge >= 0.3 is 0 Å². The topological polar surface area (TPSA) is 24.9 Å². The number of hydrogen-bond acceptors (Lipinski definition) is 2. The number of rotatable bonds is 3. The van der Waals surface area contributed by atoms with E-state index in [1.807, 2.05) is 12.1 Å². The van der Waals surface area contributed by atoms with Crippen molar-refractivity contribution in [2.24, 2.45) is 0 Å². The van der Waals surface area contributed by atoms with Crippen LogP contribution in [0.15, 0.2) is 18.3 Å². The first-order valence-corrected chi connectivity index (χ1v) is 4.53. The van der Waals surface area contributed by atoms with Gasteiger partial charge in [-0.1, -0.05) is 5.92 Å². The van der Waals surface area contributed by atoms with Crippen LogP contribution >= 0.6 is 0 Å². The van der Waals surface area contributed by atoms with Gasteiger partial charge in [0, 0.05) is 24.3 Å². The van der Waals surface area contributed by atoms with Gasteiger partial charge in [0.05, 0.1) is 5.69 Å². The number of nitrogens with one attached hydrogen (secondary N) is 1. The predicted octanol–water partition coefficient (Wildman–Crippen LogP) is 1.31. The molecule has 0 saturated heterocycles. The molecule has 0 amide bonds. The van der Waals surface area contributed by atoms with E-state index in [2.05, 4.69) is 16.2 Å². The molecule has 0 aliphatic heterocycles. The van der Waals surface area contributed by atoms with Crippen molar-refractivity contribution < 1.29 is 0 Å². The number of terminal acetylenes is 1. The van der Waals surface area contributed by atoms with Gasteiger partial charge in [-0.05, 0) is 25.0 Å². The third kappa shape index (κ3) is 2.30. The summed E-state index contributed by atoms with van der Waals surface area (Å²) in [6, 6.07) is 4.63. The first kappa shape index (κ1) is 8.28. The van der Waals surface area contributed by atoms with E-state index < -0.39 is 0 Å². The molecule has 1 heterocycles. The molecule has 2 rings (SSSR count). The molecule has 0 unspecified atom stereocenters. The summed E-state index contributed by atoms with van der Waals surface area (Å²) >= 11 is 0. The second kappa shape index (κ2) is 3.59. The van der Waals surface area contributed by atoms with Crippen LogP contribution in [-0.4, -0.2) is 11.0 Å². The second-order valence-corrected chi connectivity index (χ2v) is 3.34. The van der Waals surface area contributed by atoms with E-state index in [-0.39, 0.29) is 0 Å². The van der Waals surface area contributed by atoms with E-state index in [4.69, 9.17) is 6.42 Å². The summed E-state index contributed by atoms with van der Waals surface area (Å²) in [5, 5.41) is 3.40. The van der Waals surface area contributed by atoms with Crippen molar-refractivity contribution in [3.63, 3.8) is 0 Å². The van der Waals surface area contributed by atoms with Crippen molar-refractivity contribution in [1.82, 2.24) is 10.3 Å². The van der Waals surface area contributed by atoms with Crippen LogP contribution in [0.5, 0.6) is 0 Å². The van der Waals surface area contributed by atoms with Crippen LogP contribution in [0.2, 0.25) is 0 Å². The molecule has 1 fully saturated rings. The maximum absolute atomic E-state index is 5.23. The van der Waals surface area contributed by atoms with Crippen LogP contribution < -0.4 is 5.32 Å². The molecule has 1 aliphatic carbocycles. The summed E-state index contributed by atoms with van der Waals surface area (Å²) in [6.45, 7) is 0.857. The fraction of sp³-hybridized carbons (Fsp3) is 0.364. The van der Waals surface area contributed by atoms with Gasteiger partial charge in [-0.2, -0.15) is 0 Å². The lowest BCUT2D eigenvalue weighted by molar-refractivity contribution is 0.674. The highest BCUT2D eigenvalue weighted by Crippen LogP contribution is 2.18. The summed E-state index contributed by atoms with van der Waals surface area (Å²) in [5.74, 6) is 2.55. The zero-order valence-electron chi connectivity index (χ0n) is 7.46. The van der Waals surface area contributed by atoms with Crippen molar-refractivity contribution in [2.75, 3.05) is 0 Å². The van der Waals surface area contributed by atoms with Crippen molar-refractivity contribution in [1.29, 1.82) is 0 Å². The van der Waals surface area contributed by atoms with Crippen LogP contribution in [0.1, 0.15) is 24.1 Å². The molecule has 1 saturated carbocycles. The third-order valence-corrected chi connectivity index (χ3v) is 2.14. The van der Waals surface area contributed by atoms with E-state index in [9.17, 15) is 0 Å². The minimum Gasteiger partial charge on any atom is -0.308 e. The Labute approximate surface area is 78.4 Å². The van der Waals surface area contributed by atoms with Gasteiger partial charge < -0.3 is 5.32 Å². The van der Waals surface area contributed by atoms with Crippen molar-refractivity contribution in [3.8, 4) is 12.3 Å². The average Bonchev–Trinajstić information content (AvgIpc) is 2.99. The Morgan fingerprint density at radius 3 is 2.92 bits per heavy atom. The second-order valence-electron chi connectivity index (χ2n) is 3.34. The standard InChI is InChI=1S/C11H12N2/c1-2-9-3-4-11(12-7-9)8-13-10-5-6-10/h1,3-4,7,10,13H,5-6,8H2. The average molecular weight is 172 g/mol. The monoisotopic (exact) mass is 172 g/mol. The molecule has 2 nitrogen and oxygen atoms in total. The molecular weight excluding hydrogens is 160 g/mol. The van der Waals surface area contributed by atoms with Gasteiger partial charge in [0.15, 0.2) is 0 Å². The van der Waals surface area contributed by atoms with Gasteiger partial charge in [0.1, 0.15) is 0 Å². The molecule has 0 spiro atoms. The van der Waals surface area contributed by atoms with E-state index in [0.29, 0.717) is 0 Å². The highest BCUT2D eigenvalue weighted by Gasteiger charge is 2.19. The molecule has 66 valence electrons. The van der Waals surface area contributed by atoms with Crippen LogP contribution in [0.25, 0.3) is 0 Å². The Morgan fingerprint density at radius 2 is 2.38 bits per heavy atom. The summed E-state index contributed by atoms with van der Waals surface area (Å²) in [4.78, 5) is 4.24. The Balaban J connectivity index is 1.93. The van der Waals surface area contributed by atoms with Gasteiger partial charge in [-0.3, -0.25) is 4.98 Å². The van der Waals surface area contributed by atoms with Crippen LogP contribution in [-0.2, 0) is 6.54 Å². The van der Waals surface area contributed by atoms with Gasteiger partial charge in [-0.25, -0.2) is 0 Å². The molecule has 1 aromatic heterocycles. The summed E-state index contributed by atoms with van der Waals surface area (Å²) in [5.41, 5.74) is 1.90. The van der Waals surface area contributed by atoms with Crippen LogP contribution in [0, 0.1) is 12.3 Å². The molecule has 0 atom stereocenters. The van der Waals surface area contributed by atoms with Crippen LogP contribution in [0.4, 0.5) is 0 Å². The number of hydrogen-bond donors (Lipinski definition) is 1. The normalized spacial score (nSPS) is 15.3. The molecule has 1 N–H and O–H groups in total. The first-order valence-electron chi connectivity index (χ1n) is 4.53. The lowest BCUT2D eigenvalue weighted by atomic mass is 10.2. The van der Waals surface area contributed by atoms with Gasteiger partial charge in [0.2, 0.25) is 0 Å². The van der Waals surface area contributed by atoms with Gasteiger partial charge in [-0.15, -0.1) is 6.42 Å². The first-order chi connectivity index (χ1) is 6.38. The number of nitrogens with zero attached hydrogens (tertiary/aromatic N) is 1. The predicted molar refractivity (Wildman–Crippen MR) is 52.0 cm³/mol.